The lowest BCUT2D eigenvalue weighted by Crippen LogP contribution is -2.45. The van der Waals surface area contributed by atoms with Crippen LogP contribution < -0.4 is 25.6 Å². The van der Waals surface area contributed by atoms with Crippen molar-refractivity contribution in [2.24, 2.45) is 5.41 Å². The summed E-state index contributed by atoms with van der Waals surface area (Å²) in [4.78, 5) is 6.79. The van der Waals surface area contributed by atoms with Gasteiger partial charge in [-0.2, -0.15) is 0 Å². The van der Waals surface area contributed by atoms with E-state index in [1.807, 2.05) is 0 Å². The molecular formula is C93H107B2Br6N3O7. The van der Waals surface area contributed by atoms with Gasteiger partial charge in [0.1, 0.15) is 0 Å². The Morgan fingerprint density at radius 2 is 0.550 bits per heavy atom. The molecule has 0 amide bonds. The number of halogens is 6. The third-order valence-corrected chi connectivity index (χ3v) is 24.5. The molecule has 0 atom stereocenters. The topological polar surface area (TPSA) is 74.3 Å². The lowest BCUT2D eigenvalue weighted by molar-refractivity contribution is -0.150. The smallest absolute Gasteiger partial charge is 0.399 e. The van der Waals surface area contributed by atoms with E-state index in [9.17, 15) is 0 Å². The average molecular weight is 1880 g/mol. The van der Waals surface area contributed by atoms with E-state index in [-0.39, 0.29) is 36.6 Å². The van der Waals surface area contributed by atoms with Crippen LogP contribution >= 0.6 is 95.6 Å². The second-order valence-corrected chi connectivity index (χ2v) is 36.3. The maximum atomic E-state index is 6.30. The standard InChI is InChI=1S/C34H45B2NO4.C22H21Br2N.C19H29BrO3.C18H12Br3N/c1-10-11-12-25-13-19-28(20-14-25)37(29-21-15-26(16-22-29)35-38-31(2,3)32(4,5)39-35)30-23-17-27(18-24-30)36-40-33(6,7)34(8,9)41-36;1-2-3-4-17-5-11-20(12-6-17)25(21-13-7-18(23)8-14-21)22-15-9-19(24)10-16-22;1-2-19(15-23-16-19)14-22-12-6-4-3-5-11-21-13-17-7-9-18(20)10-8-17;19-13-1-7-16(8-2-13)22(17-9-3-14(20)4-10-17)18-11-5-15(21)6-12-18/h13-24H,10-12H2,1-9H3;5-16H,2-4H2,1H3;7-10H,2-6,11-16H2,1H3;1-12H. The highest BCUT2D eigenvalue weighted by Gasteiger charge is 2.53. The van der Waals surface area contributed by atoms with Gasteiger partial charge in [-0.3, -0.25) is 0 Å². The van der Waals surface area contributed by atoms with Crippen LogP contribution in [0.1, 0.15) is 151 Å². The number of nitrogens with zero attached hydrogens (tertiary/aromatic N) is 3. The van der Waals surface area contributed by atoms with Crippen LogP contribution in [-0.2, 0) is 52.3 Å². The molecule has 0 radical (unpaired) electrons. The van der Waals surface area contributed by atoms with Gasteiger partial charge in [-0.15, -0.1) is 0 Å². The van der Waals surface area contributed by atoms with E-state index < -0.39 is 0 Å². The van der Waals surface area contributed by atoms with E-state index in [1.165, 1.54) is 60.9 Å². The van der Waals surface area contributed by atoms with Gasteiger partial charge in [0.25, 0.3) is 0 Å². The molecule has 584 valence electrons. The zero-order chi connectivity index (χ0) is 79.2. The molecule has 111 heavy (non-hydrogen) atoms. The first-order valence-electron chi connectivity index (χ1n) is 39.0. The van der Waals surface area contributed by atoms with Crippen molar-refractivity contribution in [1.29, 1.82) is 0 Å². The fourth-order valence-corrected chi connectivity index (χ4v) is 14.4. The highest BCUT2D eigenvalue weighted by molar-refractivity contribution is 9.11. The van der Waals surface area contributed by atoms with Crippen LogP contribution in [0.15, 0.2) is 269 Å². The Balaban J connectivity index is 0.000000164. The zero-order valence-corrected chi connectivity index (χ0v) is 75.8. The lowest BCUT2D eigenvalue weighted by Gasteiger charge is -2.40. The van der Waals surface area contributed by atoms with Gasteiger partial charge in [0.15, 0.2) is 0 Å². The summed E-state index contributed by atoms with van der Waals surface area (Å²) in [5.41, 5.74) is 14.9. The maximum Gasteiger partial charge on any atom is 0.494 e. The minimum atomic E-state index is -0.389. The summed E-state index contributed by atoms with van der Waals surface area (Å²) < 4.78 is 48.5. The Kier molecular flexibility index (Phi) is 33.0. The Labute approximate surface area is 713 Å². The molecule has 0 saturated carbocycles. The third-order valence-electron chi connectivity index (χ3n) is 21.3. The van der Waals surface area contributed by atoms with E-state index in [4.69, 9.17) is 32.8 Å². The monoisotopic (exact) mass is 1870 g/mol. The van der Waals surface area contributed by atoms with Gasteiger partial charge < -0.3 is 47.5 Å². The van der Waals surface area contributed by atoms with Crippen molar-refractivity contribution in [1.82, 2.24) is 0 Å². The number of hydrogen-bond donors (Lipinski definition) is 0. The number of rotatable bonds is 29. The lowest BCUT2D eigenvalue weighted by atomic mass is 9.79. The van der Waals surface area contributed by atoms with Crippen molar-refractivity contribution >= 4 is 172 Å². The van der Waals surface area contributed by atoms with Crippen molar-refractivity contribution < 1.29 is 32.8 Å². The highest BCUT2D eigenvalue weighted by Crippen LogP contribution is 2.42. The predicted octanol–water partition coefficient (Wildman–Crippen LogP) is 27.5. The normalized spacial score (nSPS) is 15.4. The molecule has 10 aromatic carbocycles. The Morgan fingerprint density at radius 3 is 0.802 bits per heavy atom. The van der Waals surface area contributed by atoms with E-state index in [0.29, 0.717) is 12.0 Å². The summed E-state index contributed by atoms with van der Waals surface area (Å²) in [5, 5.41) is 0. The fraction of sp³-hybridized carbons (Fsp3) is 0.355. The van der Waals surface area contributed by atoms with Crippen molar-refractivity contribution in [2.45, 2.75) is 176 Å². The molecule has 3 heterocycles. The van der Waals surface area contributed by atoms with Gasteiger partial charge in [-0.1, -0.05) is 203 Å². The van der Waals surface area contributed by atoms with Crippen molar-refractivity contribution in [3.63, 3.8) is 0 Å². The fourth-order valence-electron chi connectivity index (χ4n) is 12.8. The summed E-state index contributed by atoms with van der Waals surface area (Å²) in [7, 11) is -0.779. The molecule has 0 unspecified atom stereocenters. The van der Waals surface area contributed by atoms with Crippen LogP contribution in [0.5, 0.6) is 0 Å². The van der Waals surface area contributed by atoms with Crippen molar-refractivity contribution in [2.75, 3.05) is 47.7 Å². The predicted molar refractivity (Wildman–Crippen MR) is 487 cm³/mol. The van der Waals surface area contributed by atoms with Crippen LogP contribution in [-0.4, -0.2) is 69.7 Å². The van der Waals surface area contributed by atoms with Crippen LogP contribution in [0.3, 0.4) is 0 Å². The molecule has 3 fully saturated rings. The number of aryl methyl sites for hydroxylation is 2. The molecule has 0 N–H and O–H groups in total. The molecule has 10 nitrogen and oxygen atoms in total. The van der Waals surface area contributed by atoms with Gasteiger partial charge in [0.05, 0.1) is 48.8 Å². The Morgan fingerprint density at radius 1 is 0.306 bits per heavy atom. The summed E-state index contributed by atoms with van der Waals surface area (Å²) in [6, 6.07) is 85.0. The second-order valence-electron chi connectivity index (χ2n) is 30.8. The molecule has 3 aliphatic rings. The van der Waals surface area contributed by atoms with E-state index in [1.54, 1.807) is 0 Å². The quantitative estimate of drug-likeness (QED) is 0.0334. The summed E-state index contributed by atoms with van der Waals surface area (Å²) >= 11 is 21.0. The van der Waals surface area contributed by atoms with Crippen LogP contribution in [0.2, 0.25) is 0 Å². The molecule has 0 aromatic heterocycles. The summed E-state index contributed by atoms with van der Waals surface area (Å²) in [5.74, 6) is 0. The molecule has 0 spiro atoms. The van der Waals surface area contributed by atoms with Crippen LogP contribution in [0.4, 0.5) is 51.2 Å². The van der Waals surface area contributed by atoms with Crippen LogP contribution in [0, 0.1) is 5.41 Å². The maximum absolute atomic E-state index is 6.30. The zero-order valence-electron chi connectivity index (χ0n) is 66.2. The molecule has 3 aliphatic heterocycles. The van der Waals surface area contributed by atoms with E-state index >= 15 is 0 Å². The summed E-state index contributed by atoms with van der Waals surface area (Å²) in [6.45, 7) is 28.4. The minimum absolute atomic E-state index is 0.320. The molecule has 0 bridgehead atoms. The Hall–Kier alpha value is -5.67. The molecule has 10 aromatic rings. The van der Waals surface area contributed by atoms with Gasteiger partial charge in [-0.05, 0) is 310 Å². The number of unbranched alkanes of at least 4 members (excludes halogenated alkanes) is 5. The summed E-state index contributed by atoms with van der Waals surface area (Å²) in [6.07, 6.45) is 13.0. The molecule has 0 aliphatic carbocycles. The van der Waals surface area contributed by atoms with Crippen molar-refractivity contribution in [3.8, 4) is 0 Å². The highest BCUT2D eigenvalue weighted by atomic mass is 79.9. The van der Waals surface area contributed by atoms with Crippen LogP contribution in [0.25, 0.3) is 0 Å². The average Bonchev–Trinajstić information content (AvgIpc) is 1.64. The van der Waals surface area contributed by atoms with Gasteiger partial charge in [0.2, 0.25) is 0 Å². The number of hydrogen-bond acceptors (Lipinski definition) is 10. The minimum Gasteiger partial charge on any atom is -0.399 e. The first-order valence-corrected chi connectivity index (χ1v) is 43.8. The molecule has 13 rings (SSSR count). The van der Waals surface area contributed by atoms with Crippen molar-refractivity contribution in [3.05, 3.63) is 286 Å². The number of benzene rings is 10. The SMILES string of the molecule is Brc1ccc(N(c2ccc(Br)cc2)c2ccc(Br)cc2)cc1.CCC1(COCCCCCCOCc2ccc(Br)cc2)COC1.CCCCc1ccc(N(c2ccc(B3OC(C)(C)C(C)(C)O3)cc2)c2ccc(B3OC(C)(C)C(C)(C)O3)cc2)cc1.CCCCc1ccc(N(c2ccc(Br)cc2)c2ccc(Br)cc2)cc1. The molecular weight excluding hydrogens is 1770 g/mol. The largest absolute Gasteiger partial charge is 0.494 e. The molecule has 3 saturated heterocycles. The van der Waals surface area contributed by atoms with Gasteiger partial charge >= 0.3 is 14.2 Å². The first-order chi connectivity index (χ1) is 53.3. The van der Waals surface area contributed by atoms with Gasteiger partial charge in [-0.25, -0.2) is 0 Å². The Bertz CT molecular complexity index is 4150. The first kappa shape index (κ1) is 87.7. The molecule has 18 heteroatoms. The third kappa shape index (κ3) is 24.9. The number of anilines is 9. The van der Waals surface area contributed by atoms with E-state index in [0.717, 1.165) is 148 Å². The van der Waals surface area contributed by atoms with Gasteiger partial charge in [0, 0.05) is 96.7 Å². The second kappa shape index (κ2) is 41.8. The van der Waals surface area contributed by atoms with E-state index in [2.05, 4.69) is 429 Å². The number of ether oxygens (including phenoxy) is 3.